The van der Waals surface area contributed by atoms with Crippen LogP contribution in [0.5, 0.6) is 0 Å². The highest BCUT2D eigenvalue weighted by molar-refractivity contribution is 5.83. The van der Waals surface area contributed by atoms with Gasteiger partial charge in [-0.1, -0.05) is 0 Å². The van der Waals surface area contributed by atoms with E-state index in [9.17, 15) is 0 Å². The van der Waals surface area contributed by atoms with Crippen LogP contribution in [0.15, 0.2) is 30.5 Å². The van der Waals surface area contributed by atoms with E-state index in [1.807, 2.05) is 12.1 Å². The van der Waals surface area contributed by atoms with Gasteiger partial charge in [0, 0.05) is 36.4 Å². The fraction of sp³-hybridized carbons (Fsp3) is 0.429. The molecule has 0 radical (unpaired) electrons. The Bertz CT molecular complexity index is 514. The molecule has 0 aliphatic rings. The van der Waals surface area contributed by atoms with Gasteiger partial charge < -0.3 is 15.0 Å². The molecule has 0 saturated heterocycles. The number of nitrogen functional groups attached to an aromatic ring is 1. The van der Waals surface area contributed by atoms with Gasteiger partial charge in [0.25, 0.3) is 0 Å². The second-order valence-electron chi connectivity index (χ2n) is 5.04. The molecule has 0 saturated carbocycles. The van der Waals surface area contributed by atoms with Crippen LogP contribution in [-0.2, 0) is 11.3 Å². The van der Waals surface area contributed by atoms with Gasteiger partial charge in [0.05, 0.1) is 5.60 Å². The molecule has 3 heteroatoms. The average Bonchev–Trinajstić information content (AvgIpc) is 2.69. The van der Waals surface area contributed by atoms with Gasteiger partial charge >= 0.3 is 0 Å². The van der Waals surface area contributed by atoms with Crippen LogP contribution in [0.3, 0.4) is 0 Å². The van der Waals surface area contributed by atoms with Crippen LogP contribution < -0.4 is 5.73 Å². The lowest BCUT2D eigenvalue weighted by molar-refractivity contribution is 0.0123. The van der Waals surface area contributed by atoms with Crippen molar-refractivity contribution in [1.29, 1.82) is 0 Å². The van der Waals surface area contributed by atoms with Gasteiger partial charge in [-0.15, -0.1) is 0 Å². The zero-order chi connectivity index (χ0) is 12.5. The Balaban J connectivity index is 2.20. The number of nitrogens with zero attached hydrogens (tertiary/aromatic N) is 1. The number of rotatable bonds is 4. The van der Waals surface area contributed by atoms with Crippen LogP contribution in [0.1, 0.15) is 20.3 Å². The molecule has 0 spiro atoms. The molecule has 2 aromatic rings. The summed E-state index contributed by atoms with van der Waals surface area (Å²) in [7, 11) is 1.76. The van der Waals surface area contributed by atoms with Crippen molar-refractivity contribution < 1.29 is 4.74 Å². The minimum Gasteiger partial charge on any atom is -0.399 e. The predicted octanol–water partition coefficient (Wildman–Crippen LogP) is 3.04. The Morgan fingerprint density at radius 1 is 1.29 bits per heavy atom. The lowest BCUT2D eigenvalue weighted by Crippen LogP contribution is -2.24. The number of fused-ring (bicyclic) bond motifs is 1. The van der Waals surface area contributed by atoms with E-state index in [2.05, 4.69) is 36.7 Å². The maximum absolute atomic E-state index is 5.77. The summed E-state index contributed by atoms with van der Waals surface area (Å²) in [5.41, 5.74) is 7.73. The van der Waals surface area contributed by atoms with Crippen LogP contribution in [0, 0.1) is 0 Å². The average molecular weight is 232 g/mol. The predicted molar refractivity (Wildman–Crippen MR) is 72.1 cm³/mol. The van der Waals surface area contributed by atoms with Gasteiger partial charge in [0.2, 0.25) is 0 Å². The molecule has 0 amide bonds. The Morgan fingerprint density at radius 2 is 2.06 bits per heavy atom. The summed E-state index contributed by atoms with van der Waals surface area (Å²) in [6.45, 7) is 5.17. The first-order chi connectivity index (χ1) is 8.02. The number of methoxy groups -OCH3 is 1. The molecule has 1 heterocycles. The van der Waals surface area contributed by atoms with Crippen molar-refractivity contribution in [3.8, 4) is 0 Å². The summed E-state index contributed by atoms with van der Waals surface area (Å²) in [5.74, 6) is 0. The SMILES string of the molecule is COC(C)(C)CCn1ccc2cc(N)ccc21. The van der Waals surface area contributed by atoms with Crippen molar-refractivity contribution in [1.82, 2.24) is 4.57 Å². The van der Waals surface area contributed by atoms with Crippen molar-refractivity contribution >= 4 is 16.6 Å². The number of nitrogens with two attached hydrogens (primary N) is 1. The number of anilines is 1. The van der Waals surface area contributed by atoms with E-state index in [4.69, 9.17) is 10.5 Å². The normalized spacial score (nSPS) is 12.2. The van der Waals surface area contributed by atoms with E-state index in [-0.39, 0.29) is 5.60 Å². The molecule has 0 unspecified atom stereocenters. The summed E-state index contributed by atoms with van der Waals surface area (Å²) in [6.07, 6.45) is 3.09. The van der Waals surface area contributed by atoms with Gasteiger partial charge in [-0.2, -0.15) is 0 Å². The topological polar surface area (TPSA) is 40.2 Å². The minimum atomic E-state index is -0.0790. The van der Waals surface area contributed by atoms with E-state index in [0.717, 1.165) is 18.7 Å². The number of ether oxygens (including phenoxy) is 1. The molecule has 0 fully saturated rings. The second kappa shape index (κ2) is 4.41. The molecule has 0 aliphatic carbocycles. The van der Waals surface area contributed by atoms with Crippen molar-refractivity contribution in [2.75, 3.05) is 12.8 Å². The molecular weight excluding hydrogens is 212 g/mol. The maximum atomic E-state index is 5.77. The smallest absolute Gasteiger partial charge is 0.0639 e. The first-order valence-electron chi connectivity index (χ1n) is 5.91. The van der Waals surface area contributed by atoms with Gasteiger partial charge in [0.15, 0.2) is 0 Å². The molecule has 1 aromatic heterocycles. The maximum Gasteiger partial charge on any atom is 0.0639 e. The van der Waals surface area contributed by atoms with Crippen LogP contribution in [0.2, 0.25) is 0 Å². The monoisotopic (exact) mass is 232 g/mol. The zero-order valence-corrected chi connectivity index (χ0v) is 10.7. The summed E-state index contributed by atoms with van der Waals surface area (Å²) in [6, 6.07) is 8.13. The quantitative estimate of drug-likeness (QED) is 0.823. The molecule has 92 valence electrons. The molecule has 2 rings (SSSR count). The molecule has 17 heavy (non-hydrogen) atoms. The summed E-state index contributed by atoms with van der Waals surface area (Å²) in [5, 5.41) is 1.19. The highest BCUT2D eigenvalue weighted by Crippen LogP contribution is 2.21. The van der Waals surface area contributed by atoms with Crippen molar-refractivity contribution in [3.63, 3.8) is 0 Å². The fourth-order valence-electron chi connectivity index (χ4n) is 1.91. The van der Waals surface area contributed by atoms with Gasteiger partial charge in [0.1, 0.15) is 0 Å². The zero-order valence-electron chi connectivity index (χ0n) is 10.7. The van der Waals surface area contributed by atoms with Gasteiger partial charge in [-0.25, -0.2) is 0 Å². The molecule has 0 bridgehead atoms. The van der Waals surface area contributed by atoms with Crippen LogP contribution in [0.25, 0.3) is 10.9 Å². The van der Waals surface area contributed by atoms with Crippen LogP contribution >= 0.6 is 0 Å². The van der Waals surface area contributed by atoms with Crippen molar-refractivity contribution in [3.05, 3.63) is 30.5 Å². The van der Waals surface area contributed by atoms with E-state index < -0.39 is 0 Å². The van der Waals surface area contributed by atoms with E-state index in [0.29, 0.717) is 0 Å². The van der Waals surface area contributed by atoms with Crippen molar-refractivity contribution in [2.45, 2.75) is 32.4 Å². The van der Waals surface area contributed by atoms with Crippen LogP contribution in [0.4, 0.5) is 5.69 Å². The number of hydrogen-bond acceptors (Lipinski definition) is 2. The molecule has 1 aromatic carbocycles. The molecule has 2 N–H and O–H groups in total. The number of benzene rings is 1. The summed E-state index contributed by atoms with van der Waals surface area (Å²) < 4.78 is 7.68. The Hall–Kier alpha value is -1.48. The molecular formula is C14H20N2O. The van der Waals surface area contributed by atoms with E-state index >= 15 is 0 Å². The lowest BCUT2D eigenvalue weighted by Gasteiger charge is -2.23. The molecule has 0 aliphatic heterocycles. The van der Waals surface area contributed by atoms with Crippen molar-refractivity contribution in [2.24, 2.45) is 0 Å². The second-order valence-corrected chi connectivity index (χ2v) is 5.04. The van der Waals surface area contributed by atoms with E-state index in [1.165, 1.54) is 10.9 Å². The molecule has 3 nitrogen and oxygen atoms in total. The third kappa shape index (κ3) is 2.61. The Labute approximate surface area is 102 Å². The van der Waals surface area contributed by atoms with Gasteiger partial charge in [-0.3, -0.25) is 0 Å². The first-order valence-corrected chi connectivity index (χ1v) is 5.91. The van der Waals surface area contributed by atoms with E-state index in [1.54, 1.807) is 7.11 Å². The van der Waals surface area contributed by atoms with Crippen LogP contribution in [-0.4, -0.2) is 17.3 Å². The number of aryl methyl sites for hydroxylation is 1. The Kier molecular flexibility index (Phi) is 3.11. The summed E-state index contributed by atoms with van der Waals surface area (Å²) >= 11 is 0. The highest BCUT2D eigenvalue weighted by atomic mass is 16.5. The number of hydrogen-bond donors (Lipinski definition) is 1. The number of aromatic nitrogens is 1. The largest absolute Gasteiger partial charge is 0.399 e. The Morgan fingerprint density at radius 3 is 2.76 bits per heavy atom. The fourth-order valence-corrected chi connectivity index (χ4v) is 1.91. The first kappa shape index (κ1) is 12.0. The highest BCUT2D eigenvalue weighted by Gasteiger charge is 2.16. The summed E-state index contributed by atoms with van der Waals surface area (Å²) in [4.78, 5) is 0. The minimum absolute atomic E-state index is 0.0790. The van der Waals surface area contributed by atoms with Gasteiger partial charge in [-0.05, 0) is 44.5 Å². The lowest BCUT2D eigenvalue weighted by atomic mass is 10.1. The third-order valence-corrected chi connectivity index (χ3v) is 3.30. The standard InChI is InChI=1S/C14H20N2O/c1-14(2,17-3)7-9-16-8-6-11-10-12(15)4-5-13(11)16/h4-6,8,10H,7,9,15H2,1-3H3. The molecule has 0 atom stereocenters. The third-order valence-electron chi connectivity index (χ3n) is 3.30.